The maximum Gasteiger partial charge on any atom is 0.242 e. The molecule has 3 heterocycles. The van der Waals surface area contributed by atoms with Crippen LogP contribution in [0.1, 0.15) is 17.5 Å². The number of ether oxygens (including phenoxy) is 2. The number of rotatable bonds is 8. The van der Waals surface area contributed by atoms with E-state index in [4.69, 9.17) is 14.4 Å². The van der Waals surface area contributed by atoms with Crippen molar-refractivity contribution in [2.75, 3.05) is 33.9 Å². The third kappa shape index (κ3) is 4.17. The zero-order chi connectivity index (χ0) is 21.1. The Labute approximate surface area is 176 Å². The first-order valence-electron chi connectivity index (χ1n) is 9.78. The Hall–Kier alpha value is -2.53. The molecule has 0 atom stereocenters. The molecule has 9 nitrogen and oxygen atoms in total. The molecule has 0 fully saturated rings. The lowest BCUT2D eigenvalue weighted by molar-refractivity contribution is -0.112. The number of hydrogen-bond acceptors (Lipinski definition) is 8. The molecule has 0 aliphatic carbocycles. The van der Waals surface area contributed by atoms with E-state index in [1.807, 2.05) is 12.1 Å². The number of nitrogens with zero attached hydrogens (tertiary/aromatic N) is 2. The van der Waals surface area contributed by atoms with E-state index in [1.54, 1.807) is 32.6 Å². The molecule has 3 aliphatic heterocycles. The Morgan fingerprint density at radius 3 is 2.73 bits per heavy atom. The lowest BCUT2D eigenvalue weighted by atomic mass is 9.98. The Bertz CT molecular complexity index is 1000. The zero-order valence-corrected chi connectivity index (χ0v) is 17.9. The maximum atomic E-state index is 12.7. The first-order chi connectivity index (χ1) is 14.5. The summed E-state index contributed by atoms with van der Waals surface area (Å²) in [6, 6.07) is 4.08. The predicted molar refractivity (Wildman–Crippen MR) is 111 cm³/mol. The van der Waals surface area contributed by atoms with Crippen molar-refractivity contribution < 1.29 is 22.8 Å². The van der Waals surface area contributed by atoms with Crippen LogP contribution < -0.4 is 19.7 Å². The minimum Gasteiger partial charge on any atom is -0.493 e. The van der Waals surface area contributed by atoms with E-state index in [2.05, 4.69) is 15.1 Å². The number of hydroxylamine groups is 3. The normalized spacial score (nSPS) is 18.3. The van der Waals surface area contributed by atoms with Crippen LogP contribution in [-0.2, 0) is 27.9 Å². The van der Waals surface area contributed by atoms with Gasteiger partial charge in [-0.1, -0.05) is 0 Å². The number of fused-ring (bicyclic) bond motifs is 2. The Morgan fingerprint density at radius 1 is 1.20 bits per heavy atom. The second-order valence-corrected chi connectivity index (χ2v) is 8.93. The van der Waals surface area contributed by atoms with E-state index in [0.29, 0.717) is 18.7 Å². The van der Waals surface area contributed by atoms with Gasteiger partial charge in [-0.15, -0.1) is 0 Å². The first-order valence-corrected chi connectivity index (χ1v) is 11.3. The summed E-state index contributed by atoms with van der Waals surface area (Å²) in [5, 5.41) is 1.38. The molecular weight excluding hydrogens is 408 g/mol. The molecule has 10 heteroatoms. The smallest absolute Gasteiger partial charge is 0.242 e. The number of nitrogens with one attached hydrogen (secondary N) is 2. The van der Waals surface area contributed by atoms with Crippen LogP contribution in [0, 0.1) is 0 Å². The summed E-state index contributed by atoms with van der Waals surface area (Å²) in [5.41, 5.74) is 5.51. The molecule has 0 aromatic heterocycles. The van der Waals surface area contributed by atoms with Gasteiger partial charge in [0.05, 0.1) is 20.4 Å². The molecule has 1 aromatic carbocycles. The highest BCUT2D eigenvalue weighted by Gasteiger charge is 2.29. The summed E-state index contributed by atoms with van der Waals surface area (Å²) in [7, 11) is -0.345. The van der Waals surface area contributed by atoms with E-state index in [9.17, 15) is 8.42 Å². The first kappa shape index (κ1) is 20.7. The minimum absolute atomic E-state index is 0.183. The monoisotopic (exact) mass is 434 g/mol. The van der Waals surface area contributed by atoms with Gasteiger partial charge in [-0.25, -0.2) is 23.7 Å². The highest BCUT2D eigenvalue weighted by Crippen LogP contribution is 2.33. The summed E-state index contributed by atoms with van der Waals surface area (Å²) in [6.45, 7) is 2.90. The fourth-order valence-corrected chi connectivity index (χ4v) is 5.03. The molecule has 0 spiro atoms. The largest absolute Gasteiger partial charge is 0.493 e. The van der Waals surface area contributed by atoms with Gasteiger partial charge in [0.2, 0.25) is 10.0 Å². The minimum atomic E-state index is -3.62. The van der Waals surface area contributed by atoms with Crippen LogP contribution in [0.3, 0.4) is 0 Å². The zero-order valence-electron chi connectivity index (χ0n) is 17.1. The molecule has 0 radical (unpaired) electrons. The van der Waals surface area contributed by atoms with Crippen molar-refractivity contribution in [1.29, 1.82) is 0 Å². The molecule has 0 bridgehead atoms. The van der Waals surface area contributed by atoms with Gasteiger partial charge in [-0.2, -0.15) is 4.94 Å². The fourth-order valence-electron chi connectivity index (χ4n) is 3.78. The van der Waals surface area contributed by atoms with Crippen molar-refractivity contribution in [3.8, 4) is 11.5 Å². The standard InChI is InChI=1S/C20H26N4O5S/c1-27-18-11-15-6-10-23(14-16(15)12-19(18)28-2)8-4-7-22-30(25,26)20-5-3-9-24-17(20)13-21-29-24/h3,5,9,11-13,21-22H,4,6-8,10,14H2,1-2H3. The number of methoxy groups -OCH3 is 2. The molecule has 0 saturated carbocycles. The SMILES string of the molecule is COc1cc2c(cc1OC)CN(CCCNS(=O)(=O)C1=CC=CN3ONC=C13)CC2. The summed E-state index contributed by atoms with van der Waals surface area (Å²) in [5.74, 6) is 1.48. The van der Waals surface area contributed by atoms with Crippen LogP contribution in [0.4, 0.5) is 0 Å². The summed E-state index contributed by atoms with van der Waals surface area (Å²) in [6.07, 6.45) is 7.99. The fraction of sp³-hybridized carbons (Fsp3) is 0.400. The second-order valence-electron chi connectivity index (χ2n) is 7.19. The lowest BCUT2D eigenvalue weighted by Gasteiger charge is -2.29. The van der Waals surface area contributed by atoms with E-state index >= 15 is 0 Å². The van der Waals surface area contributed by atoms with Gasteiger partial charge in [0.1, 0.15) is 10.6 Å². The molecule has 3 aliphatic rings. The van der Waals surface area contributed by atoms with Gasteiger partial charge >= 0.3 is 0 Å². The van der Waals surface area contributed by atoms with Gasteiger partial charge < -0.3 is 9.47 Å². The van der Waals surface area contributed by atoms with Crippen LogP contribution in [0.15, 0.2) is 47.3 Å². The third-order valence-corrected chi connectivity index (χ3v) is 6.84. The number of benzene rings is 1. The number of sulfonamides is 1. The molecule has 0 unspecified atom stereocenters. The van der Waals surface area contributed by atoms with Gasteiger partial charge in [0.15, 0.2) is 11.5 Å². The van der Waals surface area contributed by atoms with Gasteiger partial charge in [0.25, 0.3) is 0 Å². The second kappa shape index (κ2) is 8.68. The predicted octanol–water partition coefficient (Wildman–Crippen LogP) is 1.38. The van der Waals surface area contributed by atoms with Crippen molar-refractivity contribution in [2.24, 2.45) is 0 Å². The molecule has 4 rings (SSSR count). The average molecular weight is 435 g/mol. The highest BCUT2D eigenvalue weighted by molar-refractivity contribution is 7.93. The average Bonchev–Trinajstić information content (AvgIpc) is 3.24. The topological polar surface area (TPSA) is 92.4 Å². The van der Waals surface area contributed by atoms with Crippen LogP contribution >= 0.6 is 0 Å². The Balaban J connectivity index is 1.30. The van der Waals surface area contributed by atoms with Gasteiger partial charge in [0, 0.05) is 25.8 Å². The quantitative estimate of drug-likeness (QED) is 0.593. The van der Waals surface area contributed by atoms with E-state index in [-0.39, 0.29) is 4.91 Å². The van der Waals surface area contributed by atoms with Crippen molar-refractivity contribution in [1.82, 2.24) is 20.2 Å². The lowest BCUT2D eigenvalue weighted by Crippen LogP contribution is -2.34. The molecule has 30 heavy (non-hydrogen) atoms. The number of hydrogen-bond donors (Lipinski definition) is 2. The highest BCUT2D eigenvalue weighted by atomic mass is 32.2. The number of allylic oxidation sites excluding steroid dienone is 2. The molecular formula is C20H26N4O5S. The van der Waals surface area contributed by atoms with E-state index < -0.39 is 10.0 Å². The molecule has 0 saturated heterocycles. The molecule has 0 amide bonds. The molecule has 162 valence electrons. The van der Waals surface area contributed by atoms with Gasteiger partial charge in [-0.3, -0.25) is 4.90 Å². The molecule has 1 aromatic rings. The summed E-state index contributed by atoms with van der Waals surface area (Å²) in [4.78, 5) is 7.60. The Morgan fingerprint density at radius 2 is 1.97 bits per heavy atom. The maximum absolute atomic E-state index is 12.7. The van der Waals surface area contributed by atoms with Crippen molar-refractivity contribution in [3.63, 3.8) is 0 Å². The van der Waals surface area contributed by atoms with Crippen molar-refractivity contribution in [2.45, 2.75) is 19.4 Å². The van der Waals surface area contributed by atoms with Crippen molar-refractivity contribution >= 4 is 10.0 Å². The Kier molecular flexibility index (Phi) is 6.00. The van der Waals surface area contributed by atoms with E-state index in [0.717, 1.165) is 37.6 Å². The molecule has 2 N–H and O–H groups in total. The summed E-state index contributed by atoms with van der Waals surface area (Å²) < 4.78 is 38.8. The van der Waals surface area contributed by atoms with Crippen LogP contribution in [0.2, 0.25) is 0 Å². The van der Waals surface area contributed by atoms with Crippen LogP contribution in [0.5, 0.6) is 11.5 Å². The van der Waals surface area contributed by atoms with E-state index in [1.165, 1.54) is 22.4 Å². The van der Waals surface area contributed by atoms with Gasteiger partial charge in [-0.05, 0) is 54.8 Å². The summed E-state index contributed by atoms with van der Waals surface area (Å²) >= 11 is 0. The third-order valence-electron chi connectivity index (χ3n) is 5.34. The van der Waals surface area contributed by atoms with Crippen molar-refractivity contribution in [3.05, 3.63) is 58.4 Å². The van der Waals surface area contributed by atoms with Crippen LogP contribution in [-0.4, -0.2) is 52.2 Å². The van der Waals surface area contributed by atoms with Crippen LogP contribution in [0.25, 0.3) is 0 Å².